The number of piperazine rings is 1. The smallest absolute Gasteiger partial charge is 0.241 e. The van der Waals surface area contributed by atoms with Crippen molar-refractivity contribution in [3.63, 3.8) is 0 Å². The number of anilines is 1. The van der Waals surface area contributed by atoms with E-state index < -0.39 is 0 Å². The van der Waals surface area contributed by atoms with E-state index >= 15 is 0 Å². The van der Waals surface area contributed by atoms with E-state index in [0.717, 1.165) is 11.3 Å². The van der Waals surface area contributed by atoms with Crippen LogP contribution in [0.25, 0.3) is 0 Å². The number of carbonyl (C=O) groups is 1. The molecule has 0 aromatic heterocycles. The van der Waals surface area contributed by atoms with Crippen LogP contribution in [-0.4, -0.2) is 37.0 Å². The Hall–Kier alpha value is -2.40. The van der Waals surface area contributed by atoms with Gasteiger partial charge in [-0.2, -0.15) is 0 Å². The monoisotopic (exact) mass is 342 g/mol. The highest BCUT2D eigenvalue weighted by atomic mass is 19.1. The van der Waals surface area contributed by atoms with E-state index in [1.165, 1.54) is 6.07 Å². The summed E-state index contributed by atoms with van der Waals surface area (Å²) < 4.78 is 19.3. The lowest BCUT2D eigenvalue weighted by Crippen LogP contribution is -2.55. The van der Waals surface area contributed by atoms with E-state index in [1.807, 2.05) is 41.0 Å². The number of amides is 1. The van der Waals surface area contributed by atoms with E-state index in [2.05, 4.69) is 6.92 Å². The largest absolute Gasteiger partial charge is 0.497 e. The molecule has 1 fully saturated rings. The second-order valence-electron chi connectivity index (χ2n) is 6.50. The number of para-hydroxylation sites is 1. The molecule has 0 N–H and O–H groups in total. The zero-order chi connectivity index (χ0) is 18.0. The van der Waals surface area contributed by atoms with Gasteiger partial charge in [0.2, 0.25) is 5.91 Å². The van der Waals surface area contributed by atoms with Gasteiger partial charge in [-0.05, 0) is 43.7 Å². The van der Waals surface area contributed by atoms with E-state index in [1.54, 1.807) is 19.2 Å². The molecule has 1 heterocycles. The van der Waals surface area contributed by atoms with Gasteiger partial charge in [0.15, 0.2) is 0 Å². The molecular formula is C20H23FN2O2. The molecule has 0 spiro atoms. The molecule has 1 aliphatic heterocycles. The van der Waals surface area contributed by atoms with Crippen molar-refractivity contribution in [3.05, 3.63) is 59.4 Å². The van der Waals surface area contributed by atoms with Gasteiger partial charge < -0.3 is 9.64 Å². The molecule has 0 aliphatic carbocycles. The summed E-state index contributed by atoms with van der Waals surface area (Å²) in [5, 5.41) is 0. The fourth-order valence-corrected chi connectivity index (χ4v) is 3.23. The lowest BCUT2D eigenvalue weighted by atomic mass is 10.1. The number of halogens is 1. The van der Waals surface area contributed by atoms with Crippen molar-refractivity contribution in [2.24, 2.45) is 0 Å². The summed E-state index contributed by atoms with van der Waals surface area (Å²) in [5.41, 5.74) is 2.57. The SMILES string of the molecule is COc1ccc(F)c(CN2CC(=O)N(c3ccccc3C)C[C@H]2C)c1. The third-order valence-electron chi connectivity index (χ3n) is 4.74. The highest BCUT2D eigenvalue weighted by Crippen LogP contribution is 2.25. The zero-order valence-corrected chi connectivity index (χ0v) is 14.8. The Morgan fingerprint density at radius 2 is 2.00 bits per heavy atom. The number of methoxy groups -OCH3 is 1. The molecule has 2 aromatic rings. The Kier molecular flexibility index (Phi) is 5.04. The first kappa shape index (κ1) is 17.4. The van der Waals surface area contributed by atoms with Crippen LogP contribution < -0.4 is 9.64 Å². The molecule has 132 valence electrons. The number of benzene rings is 2. The zero-order valence-electron chi connectivity index (χ0n) is 14.8. The van der Waals surface area contributed by atoms with Gasteiger partial charge in [-0.1, -0.05) is 18.2 Å². The Morgan fingerprint density at radius 1 is 1.24 bits per heavy atom. The topological polar surface area (TPSA) is 32.8 Å². The fraction of sp³-hybridized carbons (Fsp3) is 0.350. The molecule has 0 unspecified atom stereocenters. The van der Waals surface area contributed by atoms with Crippen LogP contribution in [0.3, 0.4) is 0 Å². The molecular weight excluding hydrogens is 319 g/mol. The summed E-state index contributed by atoms with van der Waals surface area (Å²) in [7, 11) is 1.56. The van der Waals surface area contributed by atoms with Crippen LogP contribution >= 0.6 is 0 Å². The average Bonchev–Trinajstić information content (AvgIpc) is 2.60. The fourth-order valence-electron chi connectivity index (χ4n) is 3.23. The molecule has 1 saturated heterocycles. The average molecular weight is 342 g/mol. The molecule has 0 saturated carbocycles. The lowest BCUT2D eigenvalue weighted by Gasteiger charge is -2.40. The van der Waals surface area contributed by atoms with Crippen LogP contribution in [0.15, 0.2) is 42.5 Å². The van der Waals surface area contributed by atoms with Crippen molar-refractivity contribution >= 4 is 11.6 Å². The number of hydrogen-bond acceptors (Lipinski definition) is 3. The minimum Gasteiger partial charge on any atom is -0.497 e. The molecule has 3 rings (SSSR count). The van der Waals surface area contributed by atoms with Crippen LogP contribution in [0.4, 0.5) is 10.1 Å². The summed E-state index contributed by atoms with van der Waals surface area (Å²) in [6, 6.07) is 12.7. The summed E-state index contributed by atoms with van der Waals surface area (Å²) in [5.74, 6) is 0.381. The predicted octanol–water partition coefficient (Wildman–Crippen LogP) is 3.38. The Balaban J connectivity index is 1.77. The van der Waals surface area contributed by atoms with Gasteiger partial charge in [-0.15, -0.1) is 0 Å². The minimum absolute atomic E-state index is 0.0377. The molecule has 2 aromatic carbocycles. The van der Waals surface area contributed by atoms with Crippen molar-refractivity contribution in [2.75, 3.05) is 25.1 Å². The maximum atomic E-state index is 14.1. The van der Waals surface area contributed by atoms with Gasteiger partial charge in [0.05, 0.1) is 13.7 Å². The second kappa shape index (κ2) is 7.23. The summed E-state index contributed by atoms with van der Waals surface area (Å²) >= 11 is 0. The van der Waals surface area contributed by atoms with Crippen molar-refractivity contribution in [3.8, 4) is 5.75 Å². The van der Waals surface area contributed by atoms with Gasteiger partial charge in [0, 0.05) is 30.4 Å². The van der Waals surface area contributed by atoms with E-state index in [0.29, 0.717) is 24.4 Å². The third-order valence-corrected chi connectivity index (χ3v) is 4.74. The van der Waals surface area contributed by atoms with Crippen molar-refractivity contribution in [2.45, 2.75) is 26.4 Å². The normalized spacial score (nSPS) is 18.5. The van der Waals surface area contributed by atoms with E-state index in [4.69, 9.17) is 4.74 Å². The number of rotatable bonds is 4. The Morgan fingerprint density at radius 3 is 2.72 bits per heavy atom. The van der Waals surface area contributed by atoms with Crippen molar-refractivity contribution in [1.82, 2.24) is 4.90 Å². The van der Waals surface area contributed by atoms with Crippen molar-refractivity contribution in [1.29, 1.82) is 0 Å². The number of aryl methyl sites for hydroxylation is 1. The van der Waals surface area contributed by atoms with Crippen LogP contribution in [0.1, 0.15) is 18.1 Å². The minimum atomic E-state index is -0.276. The first-order valence-corrected chi connectivity index (χ1v) is 8.42. The van der Waals surface area contributed by atoms with Crippen LogP contribution in [0, 0.1) is 12.7 Å². The maximum absolute atomic E-state index is 14.1. The first-order valence-electron chi connectivity index (χ1n) is 8.42. The van der Waals surface area contributed by atoms with Gasteiger partial charge in [-0.25, -0.2) is 4.39 Å². The standard InChI is InChI=1S/C20H23FN2O2/c1-14-6-4-5-7-19(14)23-11-15(2)22(13-20(23)24)12-16-10-17(25-3)8-9-18(16)21/h4-10,15H,11-13H2,1-3H3/t15-/m1/s1. The quantitative estimate of drug-likeness (QED) is 0.854. The van der Waals surface area contributed by atoms with Crippen LogP contribution in [0.2, 0.25) is 0 Å². The van der Waals surface area contributed by atoms with Crippen LogP contribution in [-0.2, 0) is 11.3 Å². The Labute approximate surface area is 147 Å². The van der Waals surface area contributed by atoms with Gasteiger partial charge in [-0.3, -0.25) is 9.69 Å². The maximum Gasteiger partial charge on any atom is 0.241 e. The number of ether oxygens (including phenoxy) is 1. The number of carbonyl (C=O) groups excluding carboxylic acids is 1. The molecule has 25 heavy (non-hydrogen) atoms. The third kappa shape index (κ3) is 3.66. The molecule has 1 atom stereocenters. The van der Waals surface area contributed by atoms with Gasteiger partial charge in [0.25, 0.3) is 0 Å². The predicted molar refractivity (Wildman–Crippen MR) is 96.4 cm³/mol. The van der Waals surface area contributed by atoms with Gasteiger partial charge in [0.1, 0.15) is 11.6 Å². The summed E-state index contributed by atoms with van der Waals surface area (Å²) in [6.07, 6.45) is 0. The molecule has 5 heteroatoms. The van der Waals surface area contributed by atoms with E-state index in [9.17, 15) is 9.18 Å². The van der Waals surface area contributed by atoms with Gasteiger partial charge >= 0.3 is 0 Å². The van der Waals surface area contributed by atoms with Crippen molar-refractivity contribution < 1.29 is 13.9 Å². The summed E-state index contributed by atoms with van der Waals surface area (Å²) in [6.45, 7) is 5.32. The first-order chi connectivity index (χ1) is 12.0. The Bertz CT molecular complexity index is 778. The highest BCUT2D eigenvalue weighted by Gasteiger charge is 2.31. The summed E-state index contributed by atoms with van der Waals surface area (Å²) in [4.78, 5) is 16.5. The number of hydrogen-bond donors (Lipinski definition) is 0. The van der Waals surface area contributed by atoms with Crippen LogP contribution in [0.5, 0.6) is 5.75 Å². The van der Waals surface area contributed by atoms with E-state index in [-0.39, 0.29) is 24.3 Å². The molecule has 1 amide bonds. The number of nitrogens with zero attached hydrogens (tertiary/aromatic N) is 2. The molecule has 4 nitrogen and oxygen atoms in total. The molecule has 0 bridgehead atoms. The molecule has 1 aliphatic rings. The lowest BCUT2D eigenvalue weighted by molar-refractivity contribution is -0.122. The second-order valence-corrected chi connectivity index (χ2v) is 6.50. The molecule has 0 radical (unpaired) electrons. The highest BCUT2D eigenvalue weighted by molar-refractivity contribution is 5.96.